The largest absolute Gasteiger partial charge is 0.386 e. The average molecular weight is 460 g/mol. The molecule has 7 nitrogen and oxygen atoms in total. The van der Waals surface area contributed by atoms with Gasteiger partial charge in [-0.05, 0) is 88.5 Å². The van der Waals surface area contributed by atoms with Crippen LogP contribution in [-0.4, -0.2) is 32.9 Å². The zero-order chi connectivity index (χ0) is 23.3. The number of urea groups is 1. The summed E-state index contributed by atoms with van der Waals surface area (Å²) in [7, 11) is -3.39. The van der Waals surface area contributed by atoms with Crippen molar-refractivity contribution in [1.82, 2.24) is 10.0 Å². The number of fused-ring (bicyclic) bond motifs is 1. The first kappa shape index (κ1) is 23.0. The van der Waals surface area contributed by atoms with Crippen molar-refractivity contribution in [2.24, 2.45) is 10.3 Å². The normalized spacial score (nSPS) is 30.2. The van der Waals surface area contributed by atoms with Crippen LogP contribution in [0, 0.1) is 5.92 Å². The van der Waals surface area contributed by atoms with E-state index in [4.69, 9.17) is 0 Å². The average Bonchev–Trinajstić information content (AvgIpc) is 3.39. The highest BCUT2D eigenvalue weighted by molar-refractivity contribution is 7.96. The van der Waals surface area contributed by atoms with Gasteiger partial charge < -0.3 is 10.4 Å². The fraction of sp³-hybridized carbons (Fsp3) is 0.583. The maximum absolute atomic E-state index is 13.6. The number of allylic oxidation sites excluding steroid dienone is 3. The van der Waals surface area contributed by atoms with Gasteiger partial charge in [0.25, 0.3) is 5.91 Å². The van der Waals surface area contributed by atoms with Crippen molar-refractivity contribution in [2.75, 3.05) is 0 Å². The van der Waals surface area contributed by atoms with Gasteiger partial charge in [-0.3, -0.25) is 9.52 Å². The molecule has 1 heterocycles. The molecule has 3 amide bonds. The third-order valence-corrected chi connectivity index (χ3v) is 9.21. The van der Waals surface area contributed by atoms with Crippen molar-refractivity contribution in [1.29, 1.82) is 0 Å². The molecular formula is C24H33N3O4S. The molecule has 8 heteroatoms. The van der Waals surface area contributed by atoms with Gasteiger partial charge in [0.2, 0.25) is 0 Å². The Morgan fingerprint density at radius 1 is 1.34 bits per heavy atom. The van der Waals surface area contributed by atoms with Crippen LogP contribution in [0.5, 0.6) is 0 Å². The molecule has 0 spiro atoms. The Kier molecular flexibility index (Phi) is 5.96. The van der Waals surface area contributed by atoms with Crippen LogP contribution >= 0.6 is 0 Å². The molecule has 0 aromatic rings. The van der Waals surface area contributed by atoms with Crippen molar-refractivity contribution in [3.8, 4) is 0 Å². The summed E-state index contributed by atoms with van der Waals surface area (Å²) in [6.45, 7) is 6.73. The van der Waals surface area contributed by atoms with Gasteiger partial charge in [0.15, 0.2) is 9.92 Å². The van der Waals surface area contributed by atoms with Crippen LogP contribution in [-0.2, 0) is 14.7 Å². The van der Waals surface area contributed by atoms with Gasteiger partial charge in [-0.15, -0.1) is 4.36 Å². The van der Waals surface area contributed by atoms with Crippen molar-refractivity contribution < 1.29 is 18.9 Å². The summed E-state index contributed by atoms with van der Waals surface area (Å²) < 4.78 is 20.0. The Labute approximate surface area is 190 Å². The molecule has 0 aromatic heterocycles. The fourth-order valence-corrected chi connectivity index (χ4v) is 6.99. The molecule has 3 atom stereocenters. The van der Waals surface area contributed by atoms with Crippen LogP contribution in [0.2, 0.25) is 0 Å². The maximum Gasteiger partial charge on any atom is 0.351 e. The summed E-state index contributed by atoms with van der Waals surface area (Å²) in [4.78, 5) is 25.9. The van der Waals surface area contributed by atoms with Crippen LogP contribution in [0.1, 0.15) is 72.6 Å². The Morgan fingerprint density at radius 2 is 2.09 bits per heavy atom. The number of amides is 3. The van der Waals surface area contributed by atoms with Crippen molar-refractivity contribution >= 4 is 21.9 Å². The Morgan fingerprint density at radius 3 is 2.78 bits per heavy atom. The Balaban J connectivity index is 1.64. The zero-order valence-corrected chi connectivity index (χ0v) is 20.1. The second kappa shape index (κ2) is 8.30. The number of nitrogens with zero attached hydrogens (tertiary/aromatic N) is 1. The van der Waals surface area contributed by atoms with Crippen LogP contribution in [0.4, 0.5) is 4.79 Å². The number of aliphatic hydroxyl groups is 1. The maximum atomic E-state index is 13.6. The first-order valence-electron chi connectivity index (χ1n) is 11.5. The molecule has 3 unspecified atom stereocenters. The lowest BCUT2D eigenvalue weighted by atomic mass is 9.82. The zero-order valence-electron chi connectivity index (χ0n) is 19.3. The first-order valence-corrected chi connectivity index (χ1v) is 13.0. The predicted molar refractivity (Wildman–Crippen MR) is 125 cm³/mol. The standard InChI is InChI=1S/C24H33N3O4S/c1-5-20-19(12-14(2)24(3,4)30)22(28)26-32(20,31)27-23(29)25-21-17-10-6-8-15(17)13-16-9-7-11-18(16)21/h12-13,17,21,30H,5-11H2,1-4H3,(H2,25,26,27,28,29,31)/b14-12+. The van der Waals surface area contributed by atoms with E-state index >= 15 is 0 Å². The number of hydrogen-bond donors (Lipinski definition) is 3. The van der Waals surface area contributed by atoms with Gasteiger partial charge >= 0.3 is 6.03 Å². The van der Waals surface area contributed by atoms with Gasteiger partial charge in [-0.25, -0.2) is 9.00 Å². The molecule has 0 bridgehead atoms. The number of nitrogens with one attached hydrogen (secondary N) is 2. The molecule has 1 aliphatic heterocycles. The van der Waals surface area contributed by atoms with Crippen LogP contribution in [0.15, 0.2) is 49.3 Å². The van der Waals surface area contributed by atoms with Crippen molar-refractivity contribution in [2.45, 2.75) is 84.3 Å². The second-order valence-electron chi connectivity index (χ2n) is 9.67. The molecule has 4 rings (SSSR count). The first-order chi connectivity index (χ1) is 15.0. The van der Waals surface area contributed by atoms with E-state index in [1.165, 1.54) is 16.7 Å². The Hall–Kier alpha value is -2.19. The molecule has 1 fully saturated rings. The molecule has 3 aliphatic carbocycles. The molecular weight excluding hydrogens is 426 g/mol. The second-order valence-corrected chi connectivity index (χ2v) is 11.6. The van der Waals surface area contributed by atoms with Crippen LogP contribution in [0.3, 0.4) is 0 Å². The molecule has 0 aromatic carbocycles. The lowest BCUT2D eigenvalue weighted by Gasteiger charge is -2.31. The summed E-state index contributed by atoms with van der Waals surface area (Å²) in [6, 6.07) is -0.750. The summed E-state index contributed by atoms with van der Waals surface area (Å²) in [5.41, 5.74) is 3.68. The van der Waals surface area contributed by atoms with Gasteiger partial charge in [0.1, 0.15) is 0 Å². The van der Waals surface area contributed by atoms with Gasteiger partial charge in [0, 0.05) is 5.92 Å². The van der Waals surface area contributed by atoms with E-state index in [0.717, 1.165) is 38.5 Å². The van der Waals surface area contributed by atoms with E-state index in [0.29, 0.717) is 16.9 Å². The van der Waals surface area contributed by atoms with E-state index in [-0.39, 0.29) is 17.5 Å². The highest BCUT2D eigenvalue weighted by Crippen LogP contribution is 2.45. The number of carbonyl (C=O) groups excluding carboxylic acids is 2. The van der Waals surface area contributed by atoms with Crippen LogP contribution in [0.25, 0.3) is 0 Å². The van der Waals surface area contributed by atoms with E-state index in [1.54, 1.807) is 33.8 Å². The molecule has 1 saturated carbocycles. The Bertz CT molecular complexity index is 1110. The molecule has 3 N–H and O–H groups in total. The highest BCUT2D eigenvalue weighted by Gasteiger charge is 2.39. The van der Waals surface area contributed by atoms with Crippen LogP contribution < -0.4 is 10.0 Å². The summed E-state index contributed by atoms with van der Waals surface area (Å²) >= 11 is 0. The third kappa shape index (κ3) is 4.10. The summed E-state index contributed by atoms with van der Waals surface area (Å²) in [5, 5.41) is 13.2. The monoisotopic (exact) mass is 459 g/mol. The minimum Gasteiger partial charge on any atom is -0.386 e. The summed E-state index contributed by atoms with van der Waals surface area (Å²) in [5.74, 6) is -0.248. The molecule has 32 heavy (non-hydrogen) atoms. The third-order valence-electron chi connectivity index (χ3n) is 7.15. The molecule has 174 valence electrons. The van der Waals surface area contributed by atoms with Gasteiger partial charge in [-0.2, -0.15) is 0 Å². The SMILES string of the molecule is CCC1=C(/C=C(\C)C(C)(C)O)C(=O)NS1(=O)=NC(=O)NC1C2=C(C=C3CCCC31)CCC2. The highest BCUT2D eigenvalue weighted by atomic mass is 32.2. The topological polar surface area (TPSA) is 108 Å². The fourth-order valence-electron chi connectivity index (χ4n) is 5.22. The molecule has 4 aliphatic rings. The number of rotatable bonds is 4. The lowest BCUT2D eigenvalue weighted by molar-refractivity contribution is -0.115. The van der Waals surface area contributed by atoms with Gasteiger partial charge in [0.05, 0.1) is 22.1 Å². The predicted octanol–water partition coefficient (Wildman–Crippen LogP) is 4.18. The van der Waals surface area contributed by atoms with Crippen molar-refractivity contribution in [3.05, 3.63) is 44.9 Å². The summed E-state index contributed by atoms with van der Waals surface area (Å²) in [6.07, 6.45) is 10.5. The molecule has 0 saturated heterocycles. The van der Waals surface area contributed by atoms with E-state index in [9.17, 15) is 18.9 Å². The molecule has 0 radical (unpaired) electrons. The van der Waals surface area contributed by atoms with E-state index < -0.39 is 27.5 Å². The van der Waals surface area contributed by atoms with E-state index in [1.807, 2.05) is 0 Å². The number of hydrogen-bond acceptors (Lipinski definition) is 4. The van der Waals surface area contributed by atoms with Crippen molar-refractivity contribution in [3.63, 3.8) is 0 Å². The van der Waals surface area contributed by atoms with E-state index in [2.05, 4.69) is 20.5 Å². The number of carbonyl (C=O) groups is 2. The lowest BCUT2D eigenvalue weighted by Crippen LogP contribution is -2.42. The smallest absolute Gasteiger partial charge is 0.351 e. The van der Waals surface area contributed by atoms with Gasteiger partial charge in [-0.1, -0.05) is 18.6 Å². The minimum atomic E-state index is -3.39. The quantitative estimate of drug-likeness (QED) is 0.586. The minimum absolute atomic E-state index is 0.0998.